The molecule has 2 aromatic heterocycles. The summed E-state index contributed by atoms with van der Waals surface area (Å²) in [4.78, 5) is 28.5. The van der Waals surface area contributed by atoms with Crippen molar-refractivity contribution in [1.29, 1.82) is 0 Å². The van der Waals surface area contributed by atoms with Crippen LogP contribution in [0.5, 0.6) is 0 Å². The lowest BCUT2D eigenvalue weighted by molar-refractivity contribution is 0.0599. The highest BCUT2D eigenvalue weighted by molar-refractivity contribution is 6.08. The number of methoxy groups -OCH3 is 1. The van der Waals surface area contributed by atoms with Crippen molar-refractivity contribution in [3.63, 3.8) is 0 Å². The number of anilines is 1. The van der Waals surface area contributed by atoms with Gasteiger partial charge in [-0.2, -0.15) is 5.10 Å². The van der Waals surface area contributed by atoms with Gasteiger partial charge in [-0.3, -0.25) is 4.79 Å². The van der Waals surface area contributed by atoms with E-state index in [2.05, 4.69) is 15.4 Å². The minimum atomic E-state index is -0.440. The van der Waals surface area contributed by atoms with Gasteiger partial charge in [-0.15, -0.1) is 0 Å². The van der Waals surface area contributed by atoms with Crippen LogP contribution in [0.1, 0.15) is 31.8 Å². The summed E-state index contributed by atoms with van der Waals surface area (Å²) in [6, 6.07) is 5.14. The molecule has 0 aliphatic carbocycles. The molecule has 24 heavy (non-hydrogen) atoms. The predicted molar refractivity (Wildman–Crippen MR) is 88.2 cm³/mol. The zero-order valence-corrected chi connectivity index (χ0v) is 13.5. The molecule has 1 N–H and O–H groups in total. The van der Waals surface area contributed by atoms with Crippen molar-refractivity contribution in [2.75, 3.05) is 12.4 Å². The van der Waals surface area contributed by atoms with Crippen LogP contribution >= 0.6 is 0 Å². The van der Waals surface area contributed by atoms with Crippen LogP contribution in [0.3, 0.4) is 0 Å². The van der Waals surface area contributed by atoms with Gasteiger partial charge < -0.3 is 10.1 Å². The van der Waals surface area contributed by atoms with Crippen LogP contribution in [0.2, 0.25) is 0 Å². The van der Waals surface area contributed by atoms with Crippen LogP contribution in [0.15, 0.2) is 36.8 Å². The Morgan fingerprint density at radius 2 is 2.00 bits per heavy atom. The lowest BCUT2D eigenvalue weighted by Gasteiger charge is -2.11. The minimum Gasteiger partial charge on any atom is -0.465 e. The number of fused-ring (bicyclic) bond motifs is 1. The molecule has 0 aliphatic rings. The van der Waals surface area contributed by atoms with Crippen molar-refractivity contribution in [3.05, 3.63) is 59.0 Å². The first-order chi connectivity index (χ1) is 11.5. The fourth-order valence-electron chi connectivity index (χ4n) is 2.44. The number of aryl methyl sites for hydroxylation is 1. The number of carbonyl (C=O) groups excluding carboxylic acids is 2. The molecular formula is C17H16N4O3. The molecule has 0 aliphatic heterocycles. The van der Waals surface area contributed by atoms with E-state index in [4.69, 9.17) is 4.74 Å². The summed E-state index contributed by atoms with van der Waals surface area (Å²) in [6.07, 6.45) is 4.77. The number of nitrogens with zero attached hydrogens (tertiary/aromatic N) is 3. The van der Waals surface area contributed by atoms with Gasteiger partial charge in [0.25, 0.3) is 5.91 Å². The molecule has 7 nitrogen and oxygen atoms in total. The molecule has 2 heterocycles. The first kappa shape index (κ1) is 15.7. The summed E-state index contributed by atoms with van der Waals surface area (Å²) < 4.78 is 6.31. The first-order valence-electron chi connectivity index (χ1n) is 7.30. The molecule has 1 aromatic carbocycles. The van der Waals surface area contributed by atoms with E-state index >= 15 is 0 Å². The lowest BCUT2D eigenvalue weighted by atomic mass is 10.0. The van der Waals surface area contributed by atoms with Gasteiger partial charge in [0.15, 0.2) is 5.65 Å². The molecule has 1 amide bonds. The van der Waals surface area contributed by atoms with Gasteiger partial charge in [0.2, 0.25) is 0 Å². The van der Waals surface area contributed by atoms with Crippen LogP contribution in [-0.2, 0) is 4.74 Å². The molecule has 0 spiro atoms. The number of benzene rings is 1. The van der Waals surface area contributed by atoms with Crippen LogP contribution in [-0.4, -0.2) is 33.6 Å². The van der Waals surface area contributed by atoms with Gasteiger partial charge in [-0.05, 0) is 43.2 Å². The Morgan fingerprint density at radius 1 is 1.21 bits per heavy atom. The fraction of sp³-hybridized carbons (Fsp3) is 0.176. The van der Waals surface area contributed by atoms with E-state index < -0.39 is 5.97 Å². The summed E-state index contributed by atoms with van der Waals surface area (Å²) in [5.74, 6) is -0.785. The quantitative estimate of drug-likeness (QED) is 0.748. The lowest BCUT2D eigenvalue weighted by Crippen LogP contribution is -2.14. The number of ether oxygens (including phenoxy) is 1. The van der Waals surface area contributed by atoms with Gasteiger partial charge in [-0.1, -0.05) is 0 Å². The zero-order chi connectivity index (χ0) is 17.3. The second kappa shape index (κ2) is 6.11. The van der Waals surface area contributed by atoms with Crippen molar-refractivity contribution in [1.82, 2.24) is 14.6 Å². The molecule has 3 aromatic rings. The van der Waals surface area contributed by atoms with Gasteiger partial charge in [0.1, 0.15) is 5.56 Å². The smallest absolute Gasteiger partial charge is 0.338 e. The standard InChI is InChI=1S/C17H16N4O3/c1-10-7-12(8-13(11(10)2)17(23)24-3)20-16(22)14-9-19-21-6-4-5-18-15(14)21/h4-9H,1-3H3,(H,20,22). The fourth-order valence-corrected chi connectivity index (χ4v) is 2.44. The van der Waals surface area contributed by atoms with Crippen LogP contribution in [0, 0.1) is 13.8 Å². The summed E-state index contributed by atoms with van der Waals surface area (Å²) in [5, 5.41) is 6.88. The number of carbonyl (C=O) groups is 2. The minimum absolute atomic E-state index is 0.345. The maximum absolute atomic E-state index is 12.5. The Morgan fingerprint density at radius 3 is 2.75 bits per heavy atom. The molecule has 0 fully saturated rings. The summed E-state index contributed by atoms with van der Waals surface area (Å²) in [6.45, 7) is 3.71. The number of hydrogen-bond donors (Lipinski definition) is 1. The Hall–Kier alpha value is -3.22. The summed E-state index contributed by atoms with van der Waals surface area (Å²) >= 11 is 0. The number of aromatic nitrogens is 3. The van der Waals surface area contributed by atoms with Gasteiger partial charge >= 0.3 is 5.97 Å². The highest BCUT2D eigenvalue weighted by Crippen LogP contribution is 2.21. The first-order valence-corrected chi connectivity index (χ1v) is 7.30. The van der Waals surface area contributed by atoms with E-state index in [1.807, 2.05) is 13.8 Å². The van der Waals surface area contributed by atoms with Crippen molar-refractivity contribution in [2.45, 2.75) is 13.8 Å². The molecule has 7 heteroatoms. The van der Waals surface area contributed by atoms with E-state index in [0.717, 1.165) is 11.1 Å². The van der Waals surface area contributed by atoms with Crippen molar-refractivity contribution >= 4 is 23.2 Å². The summed E-state index contributed by atoms with van der Waals surface area (Å²) in [7, 11) is 1.33. The highest BCUT2D eigenvalue weighted by atomic mass is 16.5. The predicted octanol–water partition coefficient (Wildman–Crippen LogP) is 2.39. The monoisotopic (exact) mass is 324 g/mol. The third-order valence-corrected chi connectivity index (χ3v) is 3.85. The second-order valence-corrected chi connectivity index (χ2v) is 5.36. The van der Waals surface area contributed by atoms with Crippen LogP contribution in [0.25, 0.3) is 5.65 Å². The van der Waals surface area contributed by atoms with Gasteiger partial charge in [0, 0.05) is 18.1 Å². The largest absolute Gasteiger partial charge is 0.465 e. The van der Waals surface area contributed by atoms with E-state index in [-0.39, 0.29) is 5.91 Å². The van der Waals surface area contributed by atoms with Crippen molar-refractivity contribution in [2.24, 2.45) is 0 Å². The number of amides is 1. The average Bonchev–Trinajstić information content (AvgIpc) is 3.01. The SMILES string of the molecule is COC(=O)c1cc(NC(=O)c2cnn3cccnc23)cc(C)c1C. The highest BCUT2D eigenvalue weighted by Gasteiger charge is 2.17. The molecule has 0 saturated heterocycles. The third kappa shape index (κ3) is 2.71. The molecular weight excluding hydrogens is 308 g/mol. The van der Waals surface area contributed by atoms with Crippen LogP contribution < -0.4 is 5.32 Å². The normalized spacial score (nSPS) is 10.6. The summed E-state index contributed by atoms with van der Waals surface area (Å²) in [5.41, 5.74) is 3.45. The Bertz CT molecular complexity index is 946. The van der Waals surface area contributed by atoms with Crippen molar-refractivity contribution < 1.29 is 14.3 Å². The second-order valence-electron chi connectivity index (χ2n) is 5.36. The van der Waals surface area contributed by atoms with Crippen molar-refractivity contribution in [3.8, 4) is 0 Å². The number of esters is 1. The molecule has 3 rings (SSSR count). The van der Waals surface area contributed by atoms with Gasteiger partial charge in [0.05, 0.1) is 18.9 Å². The molecule has 0 atom stereocenters. The molecule has 0 unspecified atom stereocenters. The van der Waals surface area contributed by atoms with E-state index in [0.29, 0.717) is 22.5 Å². The van der Waals surface area contributed by atoms with E-state index in [1.54, 1.807) is 30.6 Å². The Labute approximate surface area is 138 Å². The average molecular weight is 324 g/mol. The van der Waals surface area contributed by atoms with E-state index in [1.165, 1.54) is 17.8 Å². The topological polar surface area (TPSA) is 85.6 Å². The number of rotatable bonds is 3. The third-order valence-electron chi connectivity index (χ3n) is 3.85. The van der Waals surface area contributed by atoms with Gasteiger partial charge in [-0.25, -0.2) is 14.3 Å². The molecule has 122 valence electrons. The zero-order valence-electron chi connectivity index (χ0n) is 13.5. The molecule has 0 bridgehead atoms. The molecule has 0 radical (unpaired) electrons. The maximum atomic E-state index is 12.5. The number of hydrogen-bond acceptors (Lipinski definition) is 5. The number of nitrogens with one attached hydrogen (secondary N) is 1. The Balaban J connectivity index is 1.95. The maximum Gasteiger partial charge on any atom is 0.338 e. The van der Waals surface area contributed by atoms with Crippen LogP contribution in [0.4, 0.5) is 5.69 Å². The Kier molecular flexibility index (Phi) is 3.99. The van der Waals surface area contributed by atoms with E-state index in [9.17, 15) is 9.59 Å². The molecule has 0 saturated carbocycles.